The summed E-state index contributed by atoms with van der Waals surface area (Å²) in [4.78, 5) is 25.6. The molecule has 3 N–H and O–H groups in total. The van der Waals surface area contributed by atoms with Gasteiger partial charge >= 0.3 is 5.97 Å². The number of nitrogens with one attached hydrogen (secondary N) is 1. The molecule has 0 heterocycles. The average Bonchev–Trinajstić information content (AvgIpc) is 3.23. The Balaban J connectivity index is 1.53. The third kappa shape index (κ3) is 3.51. The Morgan fingerprint density at radius 3 is 2.18 bits per heavy atom. The lowest BCUT2D eigenvalue weighted by molar-refractivity contribution is -0.246. The molecule has 0 aromatic carbocycles. The van der Waals surface area contributed by atoms with Crippen LogP contribution in [-0.4, -0.2) is 34.2 Å². The second kappa shape index (κ2) is 8.82. The van der Waals surface area contributed by atoms with Gasteiger partial charge in [-0.15, -0.1) is 0 Å². The number of aliphatic hydroxyl groups is 1. The number of carbonyl (C=O) groups is 2. The number of hydrogen-bond donors (Lipinski definition) is 3. The summed E-state index contributed by atoms with van der Waals surface area (Å²) in [5, 5.41) is 23.4. The molecule has 0 aliphatic heterocycles. The highest BCUT2D eigenvalue weighted by atomic mass is 16.4. The van der Waals surface area contributed by atoms with E-state index in [-0.39, 0.29) is 39.6 Å². The molecule has 1 amide bonds. The average molecular weight is 528 g/mol. The lowest BCUT2D eigenvalue weighted by atomic mass is 9.32. The molecule has 5 rings (SSSR count). The van der Waals surface area contributed by atoms with Crippen molar-refractivity contribution in [2.45, 2.75) is 125 Å². The fourth-order valence-electron chi connectivity index (χ4n) is 11.9. The molecule has 5 heteroatoms. The molecule has 214 valence electrons. The van der Waals surface area contributed by atoms with Crippen LogP contribution in [0, 0.1) is 56.7 Å². The van der Waals surface area contributed by atoms with Crippen molar-refractivity contribution >= 4 is 11.9 Å². The summed E-state index contributed by atoms with van der Waals surface area (Å²) in [5.74, 6) is 1.15. The van der Waals surface area contributed by atoms with Crippen LogP contribution in [0.5, 0.6) is 0 Å². The van der Waals surface area contributed by atoms with Crippen molar-refractivity contribution in [2.24, 2.45) is 56.7 Å². The minimum Gasteiger partial charge on any atom is -0.480 e. The van der Waals surface area contributed by atoms with Gasteiger partial charge < -0.3 is 15.5 Å². The van der Waals surface area contributed by atoms with E-state index in [0.717, 1.165) is 44.9 Å². The number of aliphatic hydroxyl groups excluding tert-OH is 1. The fraction of sp³-hybridized carbons (Fsp3) is 0.879. The first kappa shape index (κ1) is 28.2. The van der Waals surface area contributed by atoms with Gasteiger partial charge in [0.25, 0.3) is 0 Å². The quantitative estimate of drug-likeness (QED) is 0.360. The number of aliphatic carboxylic acids is 1. The van der Waals surface area contributed by atoms with Gasteiger partial charge in [0.05, 0.1) is 11.5 Å². The molecule has 0 aromatic rings. The first-order chi connectivity index (χ1) is 17.6. The van der Waals surface area contributed by atoms with Gasteiger partial charge in [-0.2, -0.15) is 0 Å². The van der Waals surface area contributed by atoms with Crippen molar-refractivity contribution < 1.29 is 19.8 Å². The molecule has 11 atom stereocenters. The minimum absolute atomic E-state index is 0.0332. The number of carboxylic acids is 1. The van der Waals surface area contributed by atoms with E-state index in [1.165, 1.54) is 24.8 Å². The molecule has 0 radical (unpaired) electrons. The minimum atomic E-state index is -0.972. The van der Waals surface area contributed by atoms with Crippen molar-refractivity contribution in [3.05, 3.63) is 12.2 Å². The SMILES string of the molecule is C=C(C)[C@@H]1CC[C@]2(C(=O)N[C@@H](C)C(=O)O)CC[C@]3(C)[C@H](CCC4[C@@]5(C)CC[C@H](O)C(C)(C)[C@@H]5CC[C@]43C)[C@@H]12. The number of amides is 1. The lowest BCUT2D eigenvalue weighted by Crippen LogP contribution is -2.67. The number of rotatable bonds is 4. The Bertz CT molecular complexity index is 1020. The highest BCUT2D eigenvalue weighted by Gasteiger charge is 2.71. The van der Waals surface area contributed by atoms with E-state index < -0.39 is 17.4 Å². The Hall–Kier alpha value is -1.36. The third-order valence-electron chi connectivity index (χ3n) is 14.2. The monoisotopic (exact) mass is 527 g/mol. The van der Waals surface area contributed by atoms with Gasteiger partial charge in [-0.3, -0.25) is 9.59 Å². The smallest absolute Gasteiger partial charge is 0.325 e. The van der Waals surface area contributed by atoms with Crippen LogP contribution >= 0.6 is 0 Å². The molecule has 5 fully saturated rings. The first-order valence-electron chi connectivity index (χ1n) is 15.4. The Morgan fingerprint density at radius 1 is 0.868 bits per heavy atom. The van der Waals surface area contributed by atoms with Gasteiger partial charge in [0, 0.05) is 0 Å². The van der Waals surface area contributed by atoms with Crippen LogP contribution in [0.2, 0.25) is 0 Å². The summed E-state index contributed by atoms with van der Waals surface area (Å²) in [6.07, 6.45) is 10.2. The van der Waals surface area contributed by atoms with Gasteiger partial charge in [-0.25, -0.2) is 0 Å². The van der Waals surface area contributed by atoms with E-state index in [1.807, 2.05) is 0 Å². The van der Waals surface area contributed by atoms with Crippen LogP contribution in [0.3, 0.4) is 0 Å². The molecule has 0 aromatic heterocycles. The van der Waals surface area contributed by atoms with E-state index in [4.69, 9.17) is 0 Å². The van der Waals surface area contributed by atoms with Crippen LogP contribution in [0.4, 0.5) is 0 Å². The van der Waals surface area contributed by atoms with Gasteiger partial charge in [-0.1, -0.05) is 46.8 Å². The predicted octanol–water partition coefficient (Wildman–Crippen LogP) is 6.59. The van der Waals surface area contributed by atoms with Crippen molar-refractivity contribution in [2.75, 3.05) is 0 Å². The largest absolute Gasteiger partial charge is 0.480 e. The highest BCUT2D eigenvalue weighted by molar-refractivity contribution is 5.88. The predicted molar refractivity (Wildman–Crippen MR) is 150 cm³/mol. The summed E-state index contributed by atoms with van der Waals surface area (Å²) in [7, 11) is 0. The van der Waals surface area contributed by atoms with E-state index in [2.05, 4.69) is 53.4 Å². The number of carbonyl (C=O) groups excluding carboxylic acids is 1. The third-order valence-corrected chi connectivity index (χ3v) is 14.2. The normalized spacial score (nSPS) is 50.0. The van der Waals surface area contributed by atoms with Crippen LogP contribution in [0.15, 0.2) is 12.2 Å². The summed E-state index contributed by atoms with van der Waals surface area (Å²) in [6.45, 7) is 20.4. The highest BCUT2D eigenvalue weighted by Crippen LogP contribution is 2.77. The standard InChI is InChI=1S/C33H53NO4/c1-19(2)21-11-16-33(28(38)34-20(3)27(36)37)18-17-31(7)22(26(21)33)9-10-24-30(6)14-13-25(35)29(4,5)23(30)12-15-32(24,31)8/h20-26,35H,1,9-18H2,2-8H3,(H,34,38)(H,36,37)/t20-,21-,22+,23-,24?,25-,26+,30-,31+,32+,33-/m0/s1. The molecule has 5 aliphatic carbocycles. The maximum Gasteiger partial charge on any atom is 0.325 e. The molecule has 38 heavy (non-hydrogen) atoms. The second-order valence-electron chi connectivity index (χ2n) is 15.8. The van der Waals surface area contributed by atoms with Gasteiger partial charge in [-0.05, 0) is 129 Å². The topological polar surface area (TPSA) is 86.6 Å². The molecule has 5 saturated carbocycles. The molecule has 0 spiro atoms. The molecule has 0 bridgehead atoms. The molecule has 5 aliphatic rings. The van der Waals surface area contributed by atoms with Crippen molar-refractivity contribution in [3.63, 3.8) is 0 Å². The summed E-state index contributed by atoms with van der Waals surface area (Å²) in [6, 6.07) is -0.872. The zero-order chi connectivity index (χ0) is 28.1. The summed E-state index contributed by atoms with van der Waals surface area (Å²) in [5.41, 5.74) is 1.21. The van der Waals surface area contributed by atoms with E-state index >= 15 is 0 Å². The molecular weight excluding hydrogens is 474 g/mol. The second-order valence-corrected chi connectivity index (χ2v) is 15.8. The first-order valence-corrected chi connectivity index (χ1v) is 15.4. The summed E-state index contributed by atoms with van der Waals surface area (Å²) < 4.78 is 0. The van der Waals surface area contributed by atoms with Crippen molar-refractivity contribution in [1.29, 1.82) is 0 Å². The Kier molecular flexibility index (Phi) is 6.54. The van der Waals surface area contributed by atoms with Crippen molar-refractivity contribution in [3.8, 4) is 0 Å². The number of hydrogen-bond acceptors (Lipinski definition) is 3. The fourth-order valence-corrected chi connectivity index (χ4v) is 11.9. The van der Waals surface area contributed by atoms with Crippen molar-refractivity contribution in [1.82, 2.24) is 5.32 Å². The Labute approximate surface area is 230 Å². The van der Waals surface area contributed by atoms with Crippen LogP contribution in [0.25, 0.3) is 0 Å². The van der Waals surface area contributed by atoms with E-state index in [9.17, 15) is 19.8 Å². The van der Waals surface area contributed by atoms with Gasteiger partial charge in [0.2, 0.25) is 5.91 Å². The number of fused-ring (bicyclic) bond motifs is 7. The van der Waals surface area contributed by atoms with Crippen LogP contribution in [0.1, 0.15) is 113 Å². The van der Waals surface area contributed by atoms with Gasteiger partial charge in [0.1, 0.15) is 6.04 Å². The number of carboxylic acid groups (broad SMARTS) is 1. The Morgan fingerprint density at radius 2 is 1.55 bits per heavy atom. The molecule has 1 unspecified atom stereocenters. The van der Waals surface area contributed by atoms with Gasteiger partial charge in [0.15, 0.2) is 0 Å². The lowest BCUT2D eigenvalue weighted by Gasteiger charge is -2.72. The maximum atomic E-state index is 13.9. The maximum absolute atomic E-state index is 13.9. The van der Waals surface area contributed by atoms with Crippen LogP contribution in [-0.2, 0) is 9.59 Å². The zero-order valence-electron chi connectivity index (χ0n) is 25.0. The van der Waals surface area contributed by atoms with E-state index in [1.54, 1.807) is 6.92 Å². The van der Waals surface area contributed by atoms with E-state index in [0.29, 0.717) is 23.7 Å². The zero-order valence-corrected chi connectivity index (χ0v) is 25.0. The molecule has 0 saturated heterocycles. The summed E-state index contributed by atoms with van der Waals surface area (Å²) >= 11 is 0. The van der Waals surface area contributed by atoms with Crippen LogP contribution < -0.4 is 5.32 Å². The molecule has 5 nitrogen and oxygen atoms in total. The number of allylic oxidation sites excluding steroid dienone is 1. The molecular formula is C33H53NO4.